The van der Waals surface area contributed by atoms with E-state index < -0.39 is 0 Å². The van der Waals surface area contributed by atoms with E-state index in [0.29, 0.717) is 0 Å². The Balaban J connectivity index is 2.49. The third kappa shape index (κ3) is 3.13. The maximum atomic E-state index is 3.77. The predicted octanol–water partition coefficient (Wildman–Crippen LogP) is 3.22. The lowest BCUT2D eigenvalue weighted by molar-refractivity contribution is 0.174. The molecule has 0 aromatic rings. The Morgan fingerprint density at radius 3 is 2.71 bits per heavy atom. The van der Waals surface area contributed by atoms with Crippen LogP contribution in [0.2, 0.25) is 0 Å². The van der Waals surface area contributed by atoms with E-state index in [4.69, 9.17) is 0 Å². The molecule has 0 aromatic carbocycles. The second-order valence-electron chi connectivity index (χ2n) is 5.13. The molecule has 14 heavy (non-hydrogen) atoms. The average molecular weight is 195 g/mol. The number of hydrogen-bond acceptors (Lipinski definition) is 1. The minimum absolute atomic E-state index is 0.719. The molecule has 1 N–H and O–H groups in total. The second kappa shape index (κ2) is 5.55. The van der Waals surface area contributed by atoms with Crippen LogP contribution >= 0.6 is 0 Å². The van der Waals surface area contributed by atoms with Crippen molar-refractivity contribution in [3.8, 4) is 0 Å². The Bertz CT molecular complexity index is 174. The zero-order valence-corrected chi connectivity index (χ0v) is 9.92. The van der Waals surface area contributed by atoms with E-state index in [1.54, 1.807) is 0 Å². The monoisotopic (exact) mass is 195 g/mol. The van der Waals surface area contributed by atoms with Gasteiger partial charge in [0.2, 0.25) is 0 Å². The second-order valence-corrected chi connectivity index (χ2v) is 5.13. The lowest BCUT2D eigenvalue weighted by atomic mass is 9.74. The van der Waals surface area contributed by atoms with Gasteiger partial charge in [-0.05, 0) is 30.6 Å². The van der Waals surface area contributed by atoms with E-state index >= 15 is 0 Å². The van der Waals surface area contributed by atoms with Crippen molar-refractivity contribution in [3.63, 3.8) is 0 Å². The standard InChI is InChI=1S/C13H25N/c1-5-8-14-13-9-11(4)6-7-12(13)10(2)3/h5,10-14H,1,6-9H2,2-4H3. The minimum atomic E-state index is 0.719. The van der Waals surface area contributed by atoms with Gasteiger partial charge in [-0.3, -0.25) is 0 Å². The van der Waals surface area contributed by atoms with E-state index in [2.05, 4.69) is 32.7 Å². The molecule has 3 unspecified atom stereocenters. The summed E-state index contributed by atoms with van der Waals surface area (Å²) in [6.07, 6.45) is 6.12. The van der Waals surface area contributed by atoms with Crippen LogP contribution in [0.5, 0.6) is 0 Å². The van der Waals surface area contributed by atoms with Gasteiger partial charge in [0.05, 0.1) is 0 Å². The van der Waals surface area contributed by atoms with E-state index in [1.165, 1.54) is 19.3 Å². The van der Waals surface area contributed by atoms with Gasteiger partial charge in [-0.25, -0.2) is 0 Å². The van der Waals surface area contributed by atoms with Crippen LogP contribution in [-0.4, -0.2) is 12.6 Å². The SMILES string of the molecule is C=CCNC1CC(C)CCC1C(C)C. The van der Waals surface area contributed by atoms with Crippen molar-refractivity contribution in [2.24, 2.45) is 17.8 Å². The minimum Gasteiger partial charge on any atom is -0.310 e. The maximum absolute atomic E-state index is 3.77. The molecule has 82 valence electrons. The van der Waals surface area contributed by atoms with Crippen molar-refractivity contribution in [1.82, 2.24) is 5.32 Å². The highest BCUT2D eigenvalue weighted by atomic mass is 14.9. The molecular formula is C13H25N. The van der Waals surface area contributed by atoms with Crippen molar-refractivity contribution in [2.45, 2.75) is 46.1 Å². The molecule has 0 bridgehead atoms. The molecule has 1 rings (SSSR count). The number of rotatable bonds is 4. The van der Waals surface area contributed by atoms with Crippen molar-refractivity contribution < 1.29 is 0 Å². The van der Waals surface area contributed by atoms with Crippen LogP contribution in [0, 0.1) is 17.8 Å². The van der Waals surface area contributed by atoms with Crippen LogP contribution in [0.1, 0.15) is 40.0 Å². The van der Waals surface area contributed by atoms with Gasteiger partial charge in [0.1, 0.15) is 0 Å². The van der Waals surface area contributed by atoms with Crippen molar-refractivity contribution in [2.75, 3.05) is 6.54 Å². The summed E-state index contributed by atoms with van der Waals surface area (Å²) in [6, 6.07) is 0.719. The molecule has 0 saturated heterocycles. The molecule has 0 aliphatic heterocycles. The van der Waals surface area contributed by atoms with Gasteiger partial charge < -0.3 is 5.32 Å². The first-order valence-electron chi connectivity index (χ1n) is 5.99. The molecule has 1 fully saturated rings. The molecule has 0 amide bonds. The Labute approximate surface area is 89.0 Å². The maximum Gasteiger partial charge on any atom is 0.0135 e. The summed E-state index contributed by atoms with van der Waals surface area (Å²) < 4.78 is 0. The third-order valence-electron chi connectivity index (χ3n) is 3.55. The number of hydrogen-bond donors (Lipinski definition) is 1. The normalized spacial score (nSPS) is 33.3. The Morgan fingerprint density at radius 2 is 2.14 bits per heavy atom. The zero-order valence-electron chi connectivity index (χ0n) is 9.92. The summed E-state index contributed by atoms with van der Waals surface area (Å²) in [7, 11) is 0. The fourth-order valence-corrected chi connectivity index (χ4v) is 2.67. The van der Waals surface area contributed by atoms with Gasteiger partial charge in [0.15, 0.2) is 0 Å². The summed E-state index contributed by atoms with van der Waals surface area (Å²) in [5, 5.41) is 3.62. The summed E-state index contributed by atoms with van der Waals surface area (Å²) in [6.45, 7) is 11.8. The first-order valence-corrected chi connectivity index (χ1v) is 5.99. The van der Waals surface area contributed by atoms with Gasteiger partial charge >= 0.3 is 0 Å². The van der Waals surface area contributed by atoms with Gasteiger partial charge in [0.25, 0.3) is 0 Å². The average Bonchev–Trinajstić information content (AvgIpc) is 2.14. The highest BCUT2D eigenvalue weighted by molar-refractivity contribution is 4.87. The molecule has 0 spiro atoms. The molecule has 1 saturated carbocycles. The molecule has 0 aromatic heterocycles. The predicted molar refractivity (Wildman–Crippen MR) is 63.3 cm³/mol. The molecule has 1 aliphatic carbocycles. The van der Waals surface area contributed by atoms with Gasteiger partial charge in [0, 0.05) is 12.6 Å². The highest BCUT2D eigenvalue weighted by Crippen LogP contribution is 2.33. The van der Waals surface area contributed by atoms with Gasteiger partial charge in [-0.15, -0.1) is 6.58 Å². The highest BCUT2D eigenvalue weighted by Gasteiger charge is 2.29. The van der Waals surface area contributed by atoms with Crippen molar-refractivity contribution in [3.05, 3.63) is 12.7 Å². The van der Waals surface area contributed by atoms with Crippen LogP contribution in [0.15, 0.2) is 12.7 Å². The van der Waals surface area contributed by atoms with Crippen LogP contribution in [0.3, 0.4) is 0 Å². The molecule has 0 radical (unpaired) electrons. The van der Waals surface area contributed by atoms with Crippen LogP contribution in [0.25, 0.3) is 0 Å². The van der Waals surface area contributed by atoms with Gasteiger partial charge in [-0.1, -0.05) is 33.3 Å². The van der Waals surface area contributed by atoms with Crippen LogP contribution in [-0.2, 0) is 0 Å². The summed E-state index contributed by atoms with van der Waals surface area (Å²) >= 11 is 0. The fraction of sp³-hybridized carbons (Fsp3) is 0.846. The van der Waals surface area contributed by atoms with Crippen LogP contribution in [0.4, 0.5) is 0 Å². The van der Waals surface area contributed by atoms with E-state index in [0.717, 1.165) is 30.3 Å². The van der Waals surface area contributed by atoms with E-state index in [-0.39, 0.29) is 0 Å². The summed E-state index contributed by atoms with van der Waals surface area (Å²) in [5.74, 6) is 2.57. The molecule has 0 heterocycles. The number of nitrogens with one attached hydrogen (secondary N) is 1. The van der Waals surface area contributed by atoms with E-state index in [1.807, 2.05) is 6.08 Å². The quantitative estimate of drug-likeness (QED) is 0.679. The lowest BCUT2D eigenvalue weighted by Crippen LogP contribution is -2.42. The Morgan fingerprint density at radius 1 is 1.43 bits per heavy atom. The topological polar surface area (TPSA) is 12.0 Å². The Kier molecular flexibility index (Phi) is 4.67. The van der Waals surface area contributed by atoms with Crippen molar-refractivity contribution >= 4 is 0 Å². The zero-order chi connectivity index (χ0) is 10.6. The molecule has 1 aliphatic rings. The third-order valence-corrected chi connectivity index (χ3v) is 3.55. The summed E-state index contributed by atoms with van der Waals surface area (Å²) in [4.78, 5) is 0. The van der Waals surface area contributed by atoms with Crippen LogP contribution < -0.4 is 5.32 Å². The largest absolute Gasteiger partial charge is 0.310 e. The first-order chi connectivity index (χ1) is 6.65. The lowest BCUT2D eigenvalue weighted by Gasteiger charge is -2.37. The molecular weight excluding hydrogens is 170 g/mol. The Hall–Kier alpha value is -0.300. The van der Waals surface area contributed by atoms with Gasteiger partial charge in [-0.2, -0.15) is 0 Å². The first kappa shape index (κ1) is 11.8. The smallest absolute Gasteiger partial charge is 0.0135 e. The van der Waals surface area contributed by atoms with E-state index in [9.17, 15) is 0 Å². The summed E-state index contributed by atoms with van der Waals surface area (Å²) in [5.41, 5.74) is 0. The molecule has 1 nitrogen and oxygen atoms in total. The van der Waals surface area contributed by atoms with Crippen molar-refractivity contribution in [1.29, 1.82) is 0 Å². The fourth-order valence-electron chi connectivity index (χ4n) is 2.67. The molecule has 3 atom stereocenters. The molecule has 1 heteroatoms.